The Balaban J connectivity index is 1.61. The average molecular weight is 516 g/mol. The van der Waals surface area contributed by atoms with Gasteiger partial charge in [0.05, 0.1) is 11.9 Å². The predicted octanol–water partition coefficient (Wildman–Crippen LogP) is 3.05. The maximum Gasteiger partial charge on any atom is 0.244 e. The largest absolute Gasteiger partial charge is 0.454 e. The zero-order chi connectivity index (χ0) is 25.7. The first kappa shape index (κ1) is 25.8. The number of nitrogens with zero attached hydrogens (tertiary/aromatic N) is 2. The fourth-order valence-corrected chi connectivity index (χ4v) is 5.56. The van der Waals surface area contributed by atoms with Gasteiger partial charge in [-0.1, -0.05) is 50.1 Å². The number of ether oxygens (including phenoxy) is 2. The van der Waals surface area contributed by atoms with E-state index in [1.807, 2.05) is 37.3 Å². The van der Waals surface area contributed by atoms with Gasteiger partial charge in [-0.25, -0.2) is 8.42 Å². The molecule has 1 saturated carbocycles. The zero-order valence-electron chi connectivity index (χ0n) is 20.7. The lowest BCUT2D eigenvalue weighted by Gasteiger charge is -2.33. The highest BCUT2D eigenvalue weighted by atomic mass is 32.2. The molecule has 36 heavy (non-hydrogen) atoms. The van der Waals surface area contributed by atoms with Crippen molar-refractivity contribution in [1.29, 1.82) is 0 Å². The molecule has 0 aromatic heterocycles. The molecule has 2 aromatic rings. The van der Waals surface area contributed by atoms with Gasteiger partial charge < -0.3 is 19.7 Å². The van der Waals surface area contributed by atoms with Crippen LogP contribution in [-0.4, -0.2) is 56.8 Å². The van der Waals surface area contributed by atoms with Crippen LogP contribution in [0.3, 0.4) is 0 Å². The van der Waals surface area contributed by atoms with Gasteiger partial charge in [0.15, 0.2) is 11.5 Å². The highest BCUT2D eigenvalue weighted by Crippen LogP contribution is 2.36. The average Bonchev–Trinajstić information content (AvgIpc) is 3.53. The number of fused-ring (bicyclic) bond motifs is 1. The number of carbonyl (C=O) groups excluding carboxylic acids is 2. The third-order valence-electron chi connectivity index (χ3n) is 6.61. The molecular formula is C26H33N3O6S. The zero-order valence-corrected chi connectivity index (χ0v) is 21.5. The quantitative estimate of drug-likeness (QED) is 0.522. The Bertz CT molecular complexity index is 1180. The molecule has 194 valence electrons. The maximum absolute atomic E-state index is 13.7. The Morgan fingerprint density at radius 3 is 2.42 bits per heavy atom. The second-order valence-electron chi connectivity index (χ2n) is 9.23. The highest BCUT2D eigenvalue weighted by molar-refractivity contribution is 7.92. The van der Waals surface area contributed by atoms with Gasteiger partial charge in [0, 0.05) is 18.7 Å². The first-order valence-electron chi connectivity index (χ1n) is 12.3. The molecule has 1 atom stereocenters. The van der Waals surface area contributed by atoms with Gasteiger partial charge in [-0.2, -0.15) is 0 Å². The Morgan fingerprint density at radius 2 is 1.75 bits per heavy atom. The van der Waals surface area contributed by atoms with Crippen molar-refractivity contribution in [3.63, 3.8) is 0 Å². The molecule has 0 radical (unpaired) electrons. The minimum atomic E-state index is -3.82. The normalized spacial score (nSPS) is 15.9. The molecule has 0 saturated heterocycles. The van der Waals surface area contributed by atoms with E-state index in [4.69, 9.17) is 9.47 Å². The summed E-state index contributed by atoms with van der Waals surface area (Å²) in [5.74, 6) is 0.258. The molecule has 4 rings (SSSR count). The van der Waals surface area contributed by atoms with E-state index in [0.29, 0.717) is 23.6 Å². The van der Waals surface area contributed by atoms with Gasteiger partial charge in [-0.05, 0) is 37.0 Å². The molecule has 1 N–H and O–H groups in total. The number of sulfonamides is 1. The maximum atomic E-state index is 13.7. The minimum Gasteiger partial charge on any atom is -0.454 e. The number of benzene rings is 2. The van der Waals surface area contributed by atoms with Crippen molar-refractivity contribution in [3.8, 4) is 11.5 Å². The molecule has 9 nitrogen and oxygen atoms in total. The van der Waals surface area contributed by atoms with E-state index < -0.39 is 28.5 Å². The van der Waals surface area contributed by atoms with Crippen LogP contribution in [0.25, 0.3) is 0 Å². The molecule has 1 fully saturated rings. The molecule has 2 aromatic carbocycles. The second-order valence-corrected chi connectivity index (χ2v) is 11.1. The van der Waals surface area contributed by atoms with Crippen molar-refractivity contribution < 1.29 is 27.5 Å². The monoisotopic (exact) mass is 515 g/mol. The van der Waals surface area contributed by atoms with Crippen LogP contribution in [0.4, 0.5) is 5.69 Å². The van der Waals surface area contributed by atoms with Crippen molar-refractivity contribution >= 4 is 27.5 Å². The fraction of sp³-hybridized carbons (Fsp3) is 0.462. The van der Waals surface area contributed by atoms with E-state index in [-0.39, 0.29) is 25.3 Å². The van der Waals surface area contributed by atoms with Crippen molar-refractivity contribution in [3.05, 3.63) is 54.1 Å². The van der Waals surface area contributed by atoms with Crippen molar-refractivity contribution in [2.45, 2.75) is 57.7 Å². The molecular weight excluding hydrogens is 482 g/mol. The topological polar surface area (TPSA) is 105 Å². The molecule has 1 aliphatic carbocycles. The number of carbonyl (C=O) groups is 2. The van der Waals surface area contributed by atoms with Gasteiger partial charge in [0.25, 0.3) is 0 Å². The number of anilines is 1. The second kappa shape index (κ2) is 11.2. The van der Waals surface area contributed by atoms with E-state index in [0.717, 1.165) is 41.8 Å². The van der Waals surface area contributed by atoms with Gasteiger partial charge in [-0.15, -0.1) is 0 Å². The third kappa shape index (κ3) is 6.10. The minimum absolute atomic E-state index is 0.0513. The summed E-state index contributed by atoms with van der Waals surface area (Å²) in [6, 6.07) is 13.5. The third-order valence-corrected chi connectivity index (χ3v) is 7.75. The standard InChI is InChI=1S/C26H33N3O6S/c1-3-22(26(31)27-20-11-7-8-12-20)28(16-19-9-5-4-6-10-19)25(30)17-29(36(2,32)33)21-13-14-23-24(15-21)35-18-34-23/h4-6,9-10,13-15,20,22H,3,7-8,11-12,16-18H2,1-2H3,(H,27,31)/t22-/m0/s1. The van der Waals surface area contributed by atoms with Crippen LogP contribution in [-0.2, 0) is 26.2 Å². The summed E-state index contributed by atoms with van der Waals surface area (Å²) in [6.45, 7) is 1.65. The SMILES string of the molecule is CC[C@@H](C(=O)NC1CCCC1)N(Cc1ccccc1)C(=O)CN(c1ccc2c(c1)OCO2)S(C)(=O)=O. The van der Waals surface area contributed by atoms with Crippen LogP contribution in [0.15, 0.2) is 48.5 Å². The summed E-state index contributed by atoms with van der Waals surface area (Å²) >= 11 is 0. The van der Waals surface area contributed by atoms with Crippen LogP contribution in [0, 0.1) is 0 Å². The summed E-state index contributed by atoms with van der Waals surface area (Å²) < 4.78 is 37.3. The van der Waals surface area contributed by atoms with E-state index in [2.05, 4.69) is 5.32 Å². The van der Waals surface area contributed by atoms with Crippen LogP contribution in [0.1, 0.15) is 44.6 Å². The first-order valence-corrected chi connectivity index (χ1v) is 14.1. The Kier molecular flexibility index (Phi) is 8.03. The Morgan fingerprint density at radius 1 is 1.06 bits per heavy atom. The van der Waals surface area contributed by atoms with E-state index in [1.54, 1.807) is 18.2 Å². The summed E-state index contributed by atoms with van der Waals surface area (Å²) in [7, 11) is -3.82. The van der Waals surface area contributed by atoms with Crippen molar-refractivity contribution in [1.82, 2.24) is 10.2 Å². The van der Waals surface area contributed by atoms with Gasteiger partial charge in [0.1, 0.15) is 12.6 Å². The Labute approximate surface area is 212 Å². The number of amides is 2. The lowest BCUT2D eigenvalue weighted by molar-refractivity contribution is -0.140. The summed E-state index contributed by atoms with van der Waals surface area (Å²) in [5.41, 5.74) is 1.14. The number of nitrogens with one attached hydrogen (secondary N) is 1. The smallest absolute Gasteiger partial charge is 0.244 e. The molecule has 0 bridgehead atoms. The summed E-state index contributed by atoms with van der Waals surface area (Å²) in [5, 5.41) is 3.10. The molecule has 1 heterocycles. The lowest BCUT2D eigenvalue weighted by atomic mass is 10.1. The highest BCUT2D eigenvalue weighted by Gasteiger charge is 2.33. The molecule has 1 aliphatic heterocycles. The molecule has 2 amide bonds. The Hall–Kier alpha value is -3.27. The first-order chi connectivity index (χ1) is 17.3. The van der Waals surface area contributed by atoms with Crippen LogP contribution in [0.2, 0.25) is 0 Å². The molecule has 0 unspecified atom stereocenters. The summed E-state index contributed by atoms with van der Waals surface area (Å²) in [4.78, 5) is 28.5. The predicted molar refractivity (Wildman–Crippen MR) is 136 cm³/mol. The van der Waals surface area contributed by atoms with E-state index in [9.17, 15) is 18.0 Å². The van der Waals surface area contributed by atoms with Gasteiger partial charge in [-0.3, -0.25) is 13.9 Å². The van der Waals surface area contributed by atoms with Crippen LogP contribution in [0.5, 0.6) is 11.5 Å². The number of rotatable bonds is 10. The molecule has 2 aliphatic rings. The van der Waals surface area contributed by atoms with E-state index in [1.165, 1.54) is 4.90 Å². The lowest BCUT2D eigenvalue weighted by Crippen LogP contribution is -2.53. The summed E-state index contributed by atoms with van der Waals surface area (Å²) in [6.07, 6.45) is 5.47. The number of hydrogen-bond donors (Lipinski definition) is 1. The van der Waals surface area contributed by atoms with Crippen LogP contribution < -0.4 is 19.1 Å². The molecule has 0 spiro atoms. The number of hydrogen-bond acceptors (Lipinski definition) is 6. The van der Waals surface area contributed by atoms with Crippen LogP contribution >= 0.6 is 0 Å². The fourth-order valence-electron chi connectivity index (χ4n) is 4.72. The van der Waals surface area contributed by atoms with Crippen molar-refractivity contribution in [2.24, 2.45) is 0 Å². The van der Waals surface area contributed by atoms with Gasteiger partial charge in [0.2, 0.25) is 28.6 Å². The van der Waals surface area contributed by atoms with Gasteiger partial charge >= 0.3 is 0 Å². The van der Waals surface area contributed by atoms with E-state index >= 15 is 0 Å². The molecule has 10 heteroatoms. The van der Waals surface area contributed by atoms with Crippen molar-refractivity contribution in [2.75, 3.05) is 23.9 Å².